The zero-order valence-electron chi connectivity index (χ0n) is 12.3. The van der Waals surface area contributed by atoms with Crippen LogP contribution >= 0.6 is 15.9 Å². The van der Waals surface area contributed by atoms with Gasteiger partial charge in [-0.25, -0.2) is 0 Å². The molecule has 2 aromatic rings. The third kappa shape index (κ3) is 2.42. The fourth-order valence-corrected chi connectivity index (χ4v) is 2.83. The smallest absolute Gasteiger partial charge is 0.229 e. The number of methoxy groups -OCH3 is 1. The topological polar surface area (TPSA) is 82.8 Å². The van der Waals surface area contributed by atoms with E-state index >= 15 is 0 Å². The van der Waals surface area contributed by atoms with Crippen molar-refractivity contribution in [3.63, 3.8) is 0 Å². The Morgan fingerprint density at radius 2 is 1.96 bits per heavy atom. The highest BCUT2D eigenvalue weighted by Crippen LogP contribution is 2.39. The Morgan fingerprint density at radius 1 is 1.22 bits per heavy atom. The van der Waals surface area contributed by atoms with Crippen LogP contribution in [0.15, 0.2) is 27.1 Å². The molecule has 0 unspecified atom stereocenters. The zero-order valence-corrected chi connectivity index (χ0v) is 13.9. The van der Waals surface area contributed by atoms with Gasteiger partial charge in [-0.05, 0) is 34.1 Å². The van der Waals surface area contributed by atoms with Crippen molar-refractivity contribution in [1.82, 2.24) is 0 Å². The number of fused-ring (bicyclic) bond motifs is 2. The van der Waals surface area contributed by atoms with Crippen LogP contribution in [0.4, 0.5) is 0 Å². The molecule has 0 saturated heterocycles. The van der Waals surface area contributed by atoms with Gasteiger partial charge in [0, 0.05) is 19.6 Å². The van der Waals surface area contributed by atoms with E-state index in [1.165, 1.54) is 26.2 Å². The molecular weight excluding hydrogens is 368 g/mol. The molecule has 7 heteroatoms. The van der Waals surface area contributed by atoms with Gasteiger partial charge in [0.2, 0.25) is 11.6 Å². The van der Waals surface area contributed by atoms with Crippen molar-refractivity contribution in [2.75, 3.05) is 13.9 Å². The van der Waals surface area contributed by atoms with E-state index in [9.17, 15) is 14.4 Å². The number of hydrogen-bond donors (Lipinski definition) is 0. The fraction of sp³-hybridized carbons (Fsp3) is 0.188. The summed E-state index contributed by atoms with van der Waals surface area (Å²) < 4.78 is 16.1. The van der Waals surface area contributed by atoms with E-state index in [0.717, 1.165) is 0 Å². The van der Waals surface area contributed by atoms with Gasteiger partial charge in [0.1, 0.15) is 5.75 Å². The number of halogens is 1. The average Bonchev–Trinajstić information content (AvgIpc) is 2.97. The highest BCUT2D eigenvalue weighted by molar-refractivity contribution is 9.10. The molecular formula is C16H11BrO6. The SMILES string of the molecule is COCOc1c(Br)ccc2c1C(=O)c1cc(C(C)=O)oc1C2=O. The van der Waals surface area contributed by atoms with Gasteiger partial charge in [0.25, 0.3) is 0 Å². The minimum atomic E-state index is -0.461. The Bertz CT molecular complexity index is 848. The maximum Gasteiger partial charge on any atom is 0.229 e. The van der Waals surface area contributed by atoms with E-state index in [4.69, 9.17) is 13.9 Å². The van der Waals surface area contributed by atoms with Gasteiger partial charge in [0.15, 0.2) is 24.1 Å². The highest BCUT2D eigenvalue weighted by atomic mass is 79.9. The lowest BCUT2D eigenvalue weighted by atomic mass is 9.88. The number of carbonyl (C=O) groups is 3. The number of Topliss-reactive ketones (excluding diaryl/α,β-unsaturated/α-hetero) is 1. The minimum Gasteiger partial charge on any atom is -0.466 e. The number of ether oxygens (including phenoxy) is 2. The standard InChI is InChI=1S/C16H11BrO6/c1-7(18)11-5-9-13(19)12-8(14(20)15(9)23-11)3-4-10(17)16(12)22-6-21-2/h3-5H,6H2,1-2H3. The van der Waals surface area contributed by atoms with E-state index in [2.05, 4.69) is 15.9 Å². The molecule has 0 radical (unpaired) electrons. The first-order valence-electron chi connectivity index (χ1n) is 6.64. The molecule has 23 heavy (non-hydrogen) atoms. The molecule has 1 aromatic carbocycles. The second kappa shape index (κ2) is 5.75. The van der Waals surface area contributed by atoms with Gasteiger partial charge in [-0.1, -0.05) is 0 Å². The Morgan fingerprint density at radius 3 is 2.61 bits per heavy atom. The lowest BCUT2D eigenvalue weighted by molar-refractivity contribution is 0.0496. The molecule has 1 aliphatic rings. The molecule has 3 rings (SSSR count). The van der Waals surface area contributed by atoms with Gasteiger partial charge < -0.3 is 13.9 Å². The minimum absolute atomic E-state index is 0.0251. The number of carbonyl (C=O) groups excluding carboxylic acids is 3. The highest BCUT2D eigenvalue weighted by Gasteiger charge is 2.37. The van der Waals surface area contributed by atoms with Crippen molar-refractivity contribution < 1.29 is 28.3 Å². The molecule has 1 aromatic heterocycles. The van der Waals surface area contributed by atoms with Crippen LogP contribution in [0.5, 0.6) is 5.75 Å². The van der Waals surface area contributed by atoms with E-state index < -0.39 is 11.6 Å². The normalized spacial score (nSPS) is 12.8. The average molecular weight is 379 g/mol. The van der Waals surface area contributed by atoms with E-state index in [-0.39, 0.29) is 46.5 Å². The summed E-state index contributed by atoms with van der Waals surface area (Å²) >= 11 is 3.30. The largest absolute Gasteiger partial charge is 0.466 e. The number of rotatable bonds is 4. The molecule has 0 bridgehead atoms. The molecule has 0 amide bonds. The van der Waals surface area contributed by atoms with Gasteiger partial charge in [0.05, 0.1) is 15.6 Å². The predicted octanol–water partition coefficient (Wildman–Crippen LogP) is 3.00. The summed E-state index contributed by atoms with van der Waals surface area (Å²) in [6.45, 7) is 1.23. The second-order valence-corrected chi connectivity index (χ2v) is 5.77. The van der Waals surface area contributed by atoms with Crippen LogP contribution in [-0.2, 0) is 4.74 Å². The van der Waals surface area contributed by atoms with Gasteiger partial charge in [-0.15, -0.1) is 0 Å². The first-order valence-corrected chi connectivity index (χ1v) is 7.43. The molecule has 0 spiro atoms. The third-order valence-corrected chi connectivity index (χ3v) is 4.06. The molecule has 0 saturated carbocycles. The molecule has 0 atom stereocenters. The number of hydrogen-bond acceptors (Lipinski definition) is 6. The summed E-state index contributed by atoms with van der Waals surface area (Å²) in [7, 11) is 1.45. The maximum atomic E-state index is 12.8. The van der Waals surface area contributed by atoms with Gasteiger partial charge in [-0.2, -0.15) is 0 Å². The molecule has 1 heterocycles. The van der Waals surface area contributed by atoms with Crippen LogP contribution in [0, 0.1) is 0 Å². The van der Waals surface area contributed by atoms with Crippen molar-refractivity contribution in [2.45, 2.75) is 6.92 Å². The summed E-state index contributed by atoms with van der Waals surface area (Å²) in [6.07, 6.45) is 0. The van der Waals surface area contributed by atoms with Crippen LogP contribution in [0.2, 0.25) is 0 Å². The van der Waals surface area contributed by atoms with Crippen molar-refractivity contribution in [2.24, 2.45) is 0 Å². The van der Waals surface area contributed by atoms with Crippen LogP contribution in [0.25, 0.3) is 0 Å². The quantitative estimate of drug-likeness (QED) is 0.512. The fourth-order valence-electron chi connectivity index (χ4n) is 2.39. The number of ketones is 3. The Labute approximate surface area is 139 Å². The van der Waals surface area contributed by atoms with Gasteiger partial charge in [-0.3, -0.25) is 14.4 Å². The maximum absolute atomic E-state index is 12.8. The van der Waals surface area contributed by atoms with Crippen molar-refractivity contribution in [3.05, 3.63) is 50.9 Å². The van der Waals surface area contributed by atoms with Crippen molar-refractivity contribution in [1.29, 1.82) is 0 Å². The van der Waals surface area contributed by atoms with Gasteiger partial charge >= 0.3 is 0 Å². The third-order valence-electron chi connectivity index (χ3n) is 3.43. The second-order valence-electron chi connectivity index (χ2n) is 4.92. The lowest BCUT2D eigenvalue weighted by Gasteiger charge is -2.18. The summed E-state index contributed by atoms with van der Waals surface area (Å²) in [5.41, 5.74) is 0.360. The Hall–Kier alpha value is -2.25. The summed E-state index contributed by atoms with van der Waals surface area (Å²) in [4.78, 5) is 36.8. The molecule has 0 N–H and O–H groups in total. The first kappa shape index (κ1) is 15.6. The molecule has 118 valence electrons. The summed E-state index contributed by atoms with van der Waals surface area (Å²) in [6, 6.07) is 4.41. The molecule has 1 aliphatic carbocycles. The predicted molar refractivity (Wildman–Crippen MR) is 82.2 cm³/mol. The molecule has 6 nitrogen and oxygen atoms in total. The van der Waals surface area contributed by atoms with Crippen LogP contribution in [-0.4, -0.2) is 31.3 Å². The molecule has 0 fully saturated rings. The van der Waals surface area contributed by atoms with Crippen molar-refractivity contribution >= 4 is 33.3 Å². The van der Waals surface area contributed by atoms with E-state index in [0.29, 0.717) is 4.47 Å². The monoisotopic (exact) mass is 378 g/mol. The summed E-state index contributed by atoms with van der Waals surface area (Å²) in [5, 5.41) is 0. The van der Waals surface area contributed by atoms with Crippen molar-refractivity contribution in [3.8, 4) is 5.75 Å². The van der Waals surface area contributed by atoms with E-state index in [1.54, 1.807) is 6.07 Å². The molecule has 0 aliphatic heterocycles. The van der Waals surface area contributed by atoms with Crippen LogP contribution < -0.4 is 4.74 Å². The Balaban J connectivity index is 2.20. The zero-order chi connectivity index (χ0) is 16.7. The summed E-state index contributed by atoms with van der Waals surface area (Å²) in [5.74, 6) is -1.18. The Kier molecular flexibility index (Phi) is 3.91. The number of benzene rings is 1. The number of furan rings is 1. The first-order chi connectivity index (χ1) is 11.0. The van der Waals surface area contributed by atoms with Crippen LogP contribution in [0.1, 0.15) is 49.5 Å². The lowest BCUT2D eigenvalue weighted by Crippen LogP contribution is -2.21. The van der Waals surface area contributed by atoms with Crippen LogP contribution in [0.3, 0.4) is 0 Å². The van der Waals surface area contributed by atoms with E-state index in [1.807, 2.05) is 0 Å².